The van der Waals surface area contributed by atoms with Crippen LogP contribution in [-0.4, -0.2) is 25.7 Å². The van der Waals surface area contributed by atoms with E-state index < -0.39 is 0 Å². The average Bonchev–Trinajstić information content (AvgIpc) is 2.20. The Hall–Kier alpha value is -1.02. The summed E-state index contributed by atoms with van der Waals surface area (Å²) in [5.74, 6) is 0. The van der Waals surface area contributed by atoms with E-state index in [0.717, 1.165) is 19.6 Å². The van der Waals surface area contributed by atoms with Crippen molar-refractivity contribution in [2.24, 2.45) is 0 Å². The van der Waals surface area contributed by atoms with Crippen molar-refractivity contribution in [3.63, 3.8) is 0 Å². The highest BCUT2D eigenvalue weighted by Gasteiger charge is 2.17. The van der Waals surface area contributed by atoms with E-state index in [1.54, 1.807) is 0 Å². The molecule has 0 aliphatic carbocycles. The summed E-state index contributed by atoms with van der Waals surface area (Å²) in [4.78, 5) is 2.47. The van der Waals surface area contributed by atoms with Gasteiger partial charge in [0.1, 0.15) is 0 Å². The van der Waals surface area contributed by atoms with Gasteiger partial charge in [-0.25, -0.2) is 0 Å². The second kappa shape index (κ2) is 4.01. The van der Waals surface area contributed by atoms with Gasteiger partial charge >= 0.3 is 0 Å². The van der Waals surface area contributed by atoms with Gasteiger partial charge in [0.25, 0.3) is 0 Å². The molecule has 0 radical (unpaired) electrons. The Kier molecular flexibility index (Phi) is 2.73. The van der Waals surface area contributed by atoms with Crippen LogP contribution in [0.15, 0.2) is 24.3 Å². The van der Waals surface area contributed by atoms with Crippen LogP contribution in [0.5, 0.6) is 0 Å². The minimum Gasteiger partial charge on any atom is -0.366 e. The molecule has 1 saturated heterocycles. The first-order valence-corrected chi connectivity index (χ1v) is 5.31. The van der Waals surface area contributed by atoms with E-state index in [9.17, 15) is 0 Å². The second-order valence-corrected chi connectivity index (χ2v) is 4.08. The molecule has 1 aliphatic heterocycles. The van der Waals surface area contributed by atoms with Crippen LogP contribution in [0.4, 0.5) is 5.69 Å². The van der Waals surface area contributed by atoms with E-state index in [-0.39, 0.29) is 0 Å². The highest BCUT2D eigenvalue weighted by Crippen LogP contribution is 2.18. The van der Waals surface area contributed by atoms with E-state index in [4.69, 9.17) is 0 Å². The van der Waals surface area contributed by atoms with Crippen molar-refractivity contribution in [2.75, 3.05) is 24.5 Å². The van der Waals surface area contributed by atoms with Crippen molar-refractivity contribution in [3.05, 3.63) is 29.8 Å². The smallest absolute Gasteiger partial charge is 0.0386 e. The molecule has 1 atom stereocenters. The zero-order valence-electron chi connectivity index (χ0n) is 8.96. The molecule has 0 amide bonds. The molecule has 1 N–H and O–H groups in total. The molecule has 0 saturated carbocycles. The molecule has 1 fully saturated rings. The number of anilines is 1. The third-order valence-corrected chi connectivity index (χ3v) is 2.87. The Morgan fingerprint density at radius 3 is 2.64 bits per heavy atom. The molecule has 1 unspecified atom stereocenters. The standard InChI is InChI=1S/C12H18N2/c1-10-3-5-12(6-4-10)14-8-7-13-9-11(14)2/h3-6,11,13H,7-9H2,1-2H3. The summed E-state index contributed by atoms with van der Waals surface area (Å²) < 4.78 is 0. The summed E-state index contributed by atoms with van der Waals surface area (Å²) in [7, 11) is 0. The number of hydrogen-bond donors (Lipinski definition) is 1. The minimum atomic E-state index is 0.603. The largest absolute Gasteiger partial charge is 0.366 e. The molecule has 0 bridgehead atoms. The molecule has 1 heterocycles. The molecular formula is C12H18N2. The van der Waals surface area contributed by atoms with Crippen LogP contribution in [0.2, 0.25) is 0 Å². The topological polar surface area (TPSA) is 15.3 Å². The molecule has 2 nitrogen and oxygen atoms in total. The molecule has 0 spiro atoms. The van der Waals surface area contributed by atoms with E-state index in [1.165, 1.54) is 11.3 Å². The van der Waals surface area contributed by atoms with Gasteiger partial charge in [-0.15, -0.1) is 0 Å². The fraction of sp³-hybridized carbons (Fsp3) is 0.500. The fourth-order valence-corrected chi connectivity index (χ4v) is 1.96. The lowest BCUT2D eigenvalue weighted by molar-refractivity contribution is 0.501. The quantitative estimate of drug-likeness (QED) is 0.726. The molecule has 2 heteroatoms. The van der Waals surface area contributed by atoms with Crippen LogP contribution in [0.25, 0.3) is 0 Å². The van der Waals surface area contributed by atoms with Crippen molar-refractivity contribution in [1.29, 1.82) is 0 Å². The molecule has 1 aromatic rings. The number of piperazine rings is 1. The number of nitrogens with one attached hydrogen (secondary N) is 1. The van der Waals surface area contributed by atoms with Gasteiger partial charge < -0.3 is 10.2 Å². The lowest BCUT2D eigenvalue weighted by Crippen LogP contribution is -2.49. The van der Waals surface area contributed by atoms with Gasteiger partial charge in [-0.05, 0) is 26.0 Å². The van der Waals surface area contributed by atoms with Crippen molar-refractivity contribution in [3.8, 4) is 0 Å². The zero-order valence-corrected chi connectivity index (χ0v) is 8.96. The SMILES string of the molecule is Cc1ccc(N2CCNCC2C)cc1. The van der Waals surface area contributed by atoms with Crippen molar-refractivity contribution in [1.82, 2.24) is 5.32 Å². The fourth-order valence-electron chi connectivity index (χ4n) is 1.96. The first kappa shape index (κ1) is 9.53. The van der Waals surface area contributed by atoms with Gasteiger partial charge in [0.2, 0.25) is 0 Å². The Morgan fingerprint density at radius 2 is 2.00 bits per heavy atom. The first-order valence-electron chi connectivity index (χ1n) is 5.31. The maximum atomic E-state index is 3.40. The average molecular weight is 190 g/mol. The number of hydrogen-bond acceptors (Lipinski definition) is 2. The minimum absolute atomic E-state index is 0.603. The third-order valence-electron chi connectivity index (χ3n) is 2.87. The van der Waals surface area contributed by atoms with E-state index in [1.807, 2.05) is 0 Å². The molecule has 1 aliphatic rings. The summed E-state index contributed by atoms with van der Waals surface area (Å²) in [5, 5.41) is 3.40. The van der Waals surface area contributed by atoms with Crippen molar-refractivity contribution in [2.45, 2.75) is 19.9 Å². The van der Waals surface area contributed by atoms with Crippen molar-refractivity contribution >= 4 is 5.69 Å². The summed E-state index contributed by atoms with van der Waals surface area (Å²) in [6.45, 7) is 7.70. The lowest BCUT2D eigenvalue weighted by Gasteiger charge is -2.35. The van der Waals surface area contributed by atoms with Crippen molar-refractivity contribution < 1.29 is 0 Å². The third kappa shape index (κ3) is 1.90. The number of benzene rings is 1. The first-order chi connectivity index (χ1) is 6.77. The molecule has 0 aromatic heterocycles. The summed E-state index contributed by atoms with van der Waals surface area (Å²) in [6.07, 6.45) is 0. The van der Waals surface area contributed by atoms with Crippen LogP contribution >= 0.6 is 0 Å². The van der Waals surface area contributed by atoms with Crippen LogP contribution in [-0.2, 0) is 0 Å². The molecular weight excluding hydrogens is 172 g/mol. The van der Waals surface area contributed by atoms with Crippen LogP contribution < -0.4 is 10.2 Å². The molecule has 2 rings (SSSR count). The Labute approximate surface area is 85.9 Å². The second-order valence-electron chi connectivity index (χ2n) is 4.08. The van der Waals surface area contributed by atoms with E-state index >= 15 is 0 Å². The highest BCUT2D eigenvalue weighted by atomic mass is 15.2. The number of rotatable bonds is 1. The Balaban J connectivity index is 2.16. The zero-order chi connectivity index (χ0) is 9.97. The van der Waals surface area contributed by atoms with E-state index in [0.29, 0.717) is 6.04 Å². The Morgan fingerprint density at radius 1 is 1.29 bits per heavy atom. The summed E-state index contributed by atoms with van der Waals surface area (Å²) in [5.41, 5.74) is 2.68. The normalized spacial score (nSPS) is 22.4. The van der Waals surface area contributed by atoms with Gasteiger partial charge in [0.05, 0.1) is 0 Å². The maximum absolute atomic E-state index is 3.40. The lowest BCUT2D eigenvalue weighted by atomic mass is 10.1. The maximum Gasteiger partial charge on any atom is 0.0386 e. The van der Waals surface area contributed by atoms with Gasteiger partial charge in [0, 0.05) is 31.4 Å². The van der Waals surface area contributed by atoms with Crippen LogP contribution in [0.3, 0.4) is 0 Å². The number of nitrogens with zero attached hydrogens (tertiary/aromatic N) is 1. The van der Waals surface area contributed by atoms with Crippen LogP contribution in [0.1, 0.15) is 12.5 Å². The van der Waals surface area contributed by atoms with Crippen LogP contribution in [0, 0.1) is 6.92 Å². The summed E-state index contributed by atoms with van der Waals surface area (Å²) in [6, 6.07) is 9.41. The molecule has 76 valence electrons. The summed E-state index contributed by atoms with van der Waals surface area (Å²) >= 11 is 0. The predicted molar refractivity (Wildman–Crippen MR) is 60.9 cm³/mol. The molecule has 1 aromatic carbocycles. The number of aryl methyl sites for hydroxylation is 1. The monoisotopic (exact) mass is 190 g/mol. The molecule has 14 heavy (non-hydrogen) atoms. The van der Waals surface area contributed by atoms with E-state index in [2.05, 4.69) is 48.3 Å². The predicted octanol–water partition coefficient (Wildman–Crippen LogP) is 1.79. The van der Waals surface area contributed by atoms with Gasteiger partial charge in [-0.3, -0.25) is 0 Å². The highest BCUT2D eigenvalue weighted by molar-refractivity contribution is 5.48. The van der Waals surface area contributed by atoms with Gasteiger partial charge in [-0.1, -0.05) is 17.7 Å². The van der Waals surface area contributed by atoms with Gasteiger partial charge in [0.15, 0.2) is 0 Å². The van der Waals surface area contributed by atoms with Gasteiger partial charge in [-0.2, -0.15) is 0 Å². The Bertz CT molecular complexity index is 292.